The Morgan fingerprint density at radius 1 is 1.33 bits per heavy atom. The summed E-state index contributed by atoms with van der Waals surface area (Å²) < 4.78 is 25.3. The zero-order valence-electron chi connectivity index (χ0n) is 14.6. The number of carbonyl (C=O) groups is 1. The third kappa shape index (κ3) is 4.66. The van der Waals surface area contributed by atoms with E-state index in [-0.39, 0.29) is 17.5 Å². The molecule has 2 unspecified atom stereocenters. The number of halogens is 2. The molecule has 0 spiro atoms. The highest BCUT2D eigenvalue weighted by Gasteiger charge is 2.30. The molecule has 27 heavy (non-hydrogen) atoms. The van der Waals surface area contributed by atoms with E-state index in [9.17, 15) is 9.18 Å². The van der Waals surface area contributed by atoms with Gasteiger partial charge < -0.3 is 14.6 Å². The first-order chi connectivity index (χ1) is 13.0. The third-order valence-corrected chi connectivity index (χ3v) is 5.71. The van der Waals surface area contributed by atoms with Gasteiger partial charge in [-0.05, 0) is 36.8 Å². The zero-order valence-corrected chi connectivity index (χ0v) is 16.1. The summed E-state index contributed by atoms with van der Waals surface area (Å²) in [6.45, 7) is 2.26. The van der Waals surface area contributed by atoms with Crippen molar-refractivity contribution in [1.29, 1.82) is 0 Å². The minimum Gasteiger partial charge on any atom is -0.490 e. The Kier molecular flexibility index (Phi) is 6.46. The molecule has 0 saturated carbocycles. The Balaban J connectivity index is 1.77. The molecule has 1 fully saturated rings. The van der Waals surface area contributed by atoms with Crippen LogP contribution in [0.15, 0.2) is 36.4 Å². The highest BCUT2D eigenvalue weighted by atomic mass is 35.5. The van der Waals surface area contributed by atoms with Crippen molar-refractivity contribution in [3.8, 4) is 11.5 Å². The molecule has 1 heterocycles. The van der Waals surface area contributed by atoms with Crippen molar-refractivity contribution in [3.05, 3.63) is 58.4 Å². The highest BCUT2D eigenvalue weighted by Crippen LogP contribution is 2.38. The predicted molar refractivity (Wildman–Crippen MR) is 103 cm³/mol. The van der Waals surface area contributed by atoms with E-state index in [0.717, 1.165) is 5.56 Å². The van der Waals surface area contributed by atoms with Gasteiger partial charge in [0.1, 0.15) is 18.5 Å². The van der Waals surface area contributed by atoms with Gasteiger partial charge in [0, 0.05) is 11.3 Å². The molecule has 5 nitrogen and oxygen atoms in total. The molecule has 0 bridgehead atoms. The monoisotopic (exact) mass is 411 g/mol. The van der Waals surface area contributed by atoms with Crippen molar-refractivity contribution >= 4 is 29.3 Å². The summed E-state index contributed by atoms with van der Waals surface area (Å²) in [5.41, 5.74) is 1.17. The number of benzene rings is 2. The Morgan fingerprint density at radius 2 is 2.15 bits per heavy atom. The van der Waals surface area contributed by atoms with Gasteiger partial charge in [0.15, 0.2) is 11.5 Å². The fraction of sp³-hybridized carbons (Fsp3) is 0.316. The molecular weight excluding hydrogens is 393 g/mol. The standard InChI is InChI=1S/C19H19ClFNO4S/c1-2-25-17-8-11(18-22-15(10-27-18)19(23)24)6-7-16(17)26-9-12-13(20)4-3-5-14(12)21/h3-8,15,18,22H,2,9-10H2,1H3,(H,23,24). The molecule has 8 heteroatoms. The smallest absolute Gasteiger partial charge is 0.321 e. The lowest BCUT2D eigenvalue weighted by Gasteiger charge is -2.17. The van der Waals surface area contributed by atoms with Crippen molar-refractivity contribution < 1.29 is 23.8 Å². The first-order valence-corrected chi connectivity index (χ1v) is 9.85. The number of aliphatic carboxylic acids is 1. The molecule has 0 radical (unpaired) electrons. The fourth-order valence-electron chi connectivity index (χ4n) is 2.70. The Labute approximate surface area is 165 Å². The van der Waals surface area contributed by atoms with Crippen LogP contribution in [0.5, 0.6) is 11.5 Å². The molecule has 2 aromatic rings. The first-order valence-electron chi connectivity index (χ1n) is 8.42. The average Bonchev–Trinajstić information content (AvgIpc) is 3.13. The largest absolute Gasteiger partial charge is 0.490 e. The molecular formula is C19H19ClFNO4S. The molecule has 0 aromatic heterocycles. The van der Waals surface area contributed by atoms with Gasteiger partial charge in [-0.25, -0.2) is 4.39 Å². The number of ether oxygens (including phenoxy) is 2. The summed E-state index contributed by atoms with van der Waals surface area (Å²) >= 11 is 7.56. The fourth-order valence-corrected chi connectivity index (χ4v) is 4.14. The maximum atomic E-state index is 13.9. The van der Waals surface area contributed by atoms with Crippen LogP contribution in [0.25, 0.3) is 0 Å². The van der Waals surface area contributed by atoms with Crippen molar-refractivity contribution in [2.75, 3.05) is 12.4 Å². The van der Waals surface area contributed by atoms with Crippen LogP contribution in [-0.2, 0) is 11.4 Å². The number of carboxylic acids is 1. The zero-order chi connectivity index (χ0) is 19.4. The summed E-state index contributed by atoms with van der Waals surface area (Å²) in [6.07, 6.45) is 0. The van der Waals surface area contributed by atoms with E-state index in [1.807, 2.05) is 19.1 Å². The molecule has 1 aliphatic heterocycles. The molecule has 1 aliphatic rings. The summed E-state index contributed by atoms with van der Waals surface area (Å²) in [7, 11) is 0. The second kappa shape index (κ2) is 8.82. The van der Waals surface area contributed by atoms with Gasteiger partial charge in [0.05, 0.1) is 17.0 Å². The van der Waals surface area contributed by atoms with Gasteiger partial charge in [0.2, 0.25) is 0 Å². The molecule has 0 aliphatic carbocycles. The van der Waals surface area contributed by atoms with Gasteiger partial charge in [-0.1, -0.05) is 23.7 Å². The van der Waals surface area contributed by atoms with Crippen molar-refractivity contribution in [2.45, 2.75) is 24.9 Å². The average molecular weight is 412 g/mol. The molecule has 1 saturated heterocycles. The second-order valence-electron chi connectivity index (χ2n) is 5.90. The number of hydrogen-bond acceptors (Lipinski definition) is 5. The maximum absolute atomic E-state index is 13.9. The molecule has 2 atom stereocenters. The maximum Gasteiger partial charge on any atom is 0.321 e. The van der Waals surface area contributed by atoms with E-state index in [4.69, 9.17) is 26.2 Å². The summed E-state index contributed by atoms with van der Waals surface area (Å²) in [6, 6.07) is 9.31. The highest BCUT2D eigenvalue weighted by molar-refractivity contribution is 7.99. The normalized spacial score (nSPS) is 19.1. The van der Waals surface area contributed by atoms with Crippen LogP contribution in [0, 0.1) is 5.82 Å². The van der Waals surface area contributed by atoms with Crippen LogP contribution in [0.1, 0.15) is 23.4 Å². The Bertz CT molecular complexity index is 815. The number of carboxylic acid groups (broad SMARTS) is 1. The lowest BCUT2D eigenvalue weighted by molar-refractivity contribution is -0.138. The number of rotatable bonds is 7. The number of nitrogens with one attached hydrogen (secondary N) is 1. The van der Waals surface area contributed by atoms with Crippen LogP contribution in [0.3, 0.4) is 0 Å². The SMILES string of the molecule is CCOc1cc(C2NC(C(=O)O)CS2)ccc1OCc1c(F)cccc1Cl. The van der Waals surface area contributed by atoms with E-state index >= 15 is 0 Å². The second-order valence-corrected chi connectivity index (χ2v) is 7.44. The van der Waals surface area contributed by atoms with E-state index in [1.54, 1.807) is 12.1 Å². The van der Waals surface area contributed by atoms with Gasteiger partial charge in [0.25, 0.3) is 0 Å². The van der Waals surface area contributed by atoms with Crippen molar-refractivity contribution in [2.24, 2.45) is 0 Å². The van der Waals surface area contributed by atoms with Gasteiger partial charge in [-0.15, -0.1) is 11.8 Å². The Hall–Kier alpha value is -1.96. The van der Waals surface area contributed by atoms with Gasteiger partial charge >= 0.3 is 5.97 Å². The van der Waals surface area contributed by atoms with Crippen molar-refractivity contribution in [3.63, 3.8) is 0 Å². The predicted octanol–water partition coefficient (Wildman–Crippen LogP) is 4.25. The van der Waals surface area contributed by atoms with Crippen molar-refractivity contribution in [1.82, 2.24) is 5.32 Å². The van der Waals surface area contributed by atoms with Gasteiger partial charge in [-0.2, -0.15) is 0 Å². The molecule has 2 N–H and O–H groups in total. The van der Waals surface area contributed by atoms with E-state index in [0.29, 0.717) is 28.9 Å². The number of hydrogen-bond donors (Lipinski definition) is 2. The molecule has 144 valence electrons. The summed E-state index contributed by atoms with van der Waals surface area (Å²) in [5, 5.41) is 12.4. The van der Waals surface area contributed by atoms with Crippen LogP contribution < -0.4 is 14.8 Å². The van der Waals surface area contributed by atoms with Crippen LogP contribution in [0.2, 0.25) is 5.02 Å². The summed E-state index contributed by atoms with van der Waals surface area (Å²) in [5.74, 6) is 0.190. The van der Waals surface area contributed by atoms with Gasteiger partial charge in [-0.3, -0.25) is 10.1 Å². The van der Waals surface area contributed by atoms with Crippen LogP contribution in [0.4, 0.5) is 4.39 Å². The minimum atomic E-state index is -0.864. The molecule has 0 amide bonds. The third-order valence-electron chi connectivity index (χ3n) is 4.08. The summed E-state index contributed by atoms with van der Waals surface area (Å²) in [4.78, 5) is 11.1. The first kappa shape index (κ1) is 19.8. The van der Waals surface area contributed by atoms with Crippen LogP contribution in [-0.4, -0.2) is 29.5 Å². The van der Waals surface area contributed by atoms with E-state index < -0.39 is 17.8 Å². The lowest BCUT2D eigenvalue weighted by Crippen LogP contribution is -2.33. The Morgan fingerprint density at radius 3 is 2.81 bits per heavy atom. The molecule has 3 rings (SSSR count). The molecule has 2 aromatic carbocycles. The quantitative estimate of drug-likeness (QED) is 0.710. The minimum absolute atomic E-state index is 0.0254. The van der Waals surface area contributed by atoms with E-state index in [2.05, 4.69) is 5.32 Å². The van der Waals surface area contributed by atoms with E-state index in [1.165, 1.54) is 23.9 Å². The number of thioether (sulfide) groups is 1. The van der Waals surface area contributed by atoms with Crippen LogP contribution >= 0.6 is 23.4 Å². The lowest BCUT2D eigenvalue weighted by atomic mass is 10.1. The topological polar surface area (TPSA) is 67.8 Å².